The van der Waals surface area contributed by atoms with Gasteiger partial charge in [0, 0.05) is 31.9 Å². The number of hydrogen-bond acceptors (Lipinski definition) is 3. The number of amides is 1. The molecule has 1 fully saturated rings. The molecule has 3 rings (SSSR count). The Morgan fingerprint density at radius 1 is 0.957 bits per heavy atom. The van der Waals surface area contributed by atoms with E-state index in [4.69, 9.17) is 4.74 Å². The molecule has 0 radical (unpaired) electrons. The molecule has 0 spiro atoms. The number of carbonyl (C=O) groups is 1. The predicted molar refractivity (Wildman–Crippen MR) is 92.2 cm³/mol. The van der Waals surface area contributed by atoms with Crippen molar-refractivity contribution in [2.24, 2.45) is 0 Å². The van der Waals surface area contributed by atoms with Crippen LogP contribution in [-0.4, -0.2) is 43.6 Å². The summed E-state index contributed by atoms with van der Waals surface area (Å²) in [5.74, 6) is 0.729. The Kier molecular flexibility index (Phi) is 4.81. The molecule has 2 aromatic rings. The molecule has 0 bridgehead atoms. The molecular formula is C19H22N2O2. The molecule has 0 aromatic heterocycles. The van der Waals surface area contributed by atoms with Crippen molar-refractivity contribution < 1.29 is 9.53 Å². The normalized spacial score (nSPS) is 14.7. The molecule has 1 amide bonds. The third-order valence-electron chi connectivity index (χ3n) is 4.11. The quantitative estimate of drug-likeness (QED) is 0.870. The lowest BCUT2D eigenvalue weighted by molar-refractivity contribution is 0.0742. The summed E-state index contributed by atoms with van der Waals surface area (Å²) >= 11 is 0. The molecule has 1 aliphatic rings. The molecule has 0 saturated carbocycles. The molecule has 23 heavy (non-hydrogen) atoms. The van der Waals surface area contributed by atoms with Crippen molar-refractivity contribution >= 4 is 11.6 Å². The van der Waals surface area contributed by atoms with E-state index in [9.17, 15) is 4.79 Å². The molecule has 0 aliphatic carbocycles. The van der Waals surface area contributed by atoms with E-state index in [0.29, 0.717) is 17.9 Å². The van der Waals surface area contributed by atoms with Gasteiger partial charge < -0.3 is 14.5 Å². The summed E-state index contributed by atoms with van der Waals surface area (Å²) in [4.78, 5) is 17.0. The third kappa shape index (κ3) is 3.47. The molecular weight excluding hydrogens is 288 g/mol. The summed E-state index contributed by atoms with van der Waals surface area (Å²) in [6.07, 6.45) is 0. The lowest BCUT2D eigenvalue weighted by Crippen LogP contribution is -2.48. The van der Waals surface area contributed by atoms with Crippen molar-refractivity contribution in [2.45, 2.75) is 6.92 Å². The van der Waals surface area contributed by atoms with Crippen molar-refractivity contribution in [1.82, 2.24) is 4.90 Å². The average molecular weight is 310 g/mol. The summed E-state index contributed by atoms with van der Waals surface area (Å²) < 4.78 is 5.58. The maximum Gasteiger partial charge on any atom is 0.257 e. The van der Waals surface area contributed by atoms with Crippen LogP contribution in [0, 0.1) is 0 Å². The molecule has 1 saturated heterocycles. The van der Waals surface area contributed by atoms with Crippen molar-refractivity contribution in [2.75, 3.05) is 37.7 Å². The smallest absolute Gasteiger partial charge is 0.257 e. The van der Waals surface area contributed by atoms with Gasteiger partial charge >= 0.3 is 0 Å². The fraction of sp³-hybridized carbons (Fsp3) is 0.316. The fourth-order valence-electron chi connectivity index (χ4n) is 2.90. The predicted octanol–water partition coefficient (Wildman–Crippen LogP) is 3.05. The molecule has 1 heterocycles. The van der Waals surface area contributed by atoms with Gasteiger partial charge in [0.05, 0.1) is 12.2 Å². The highest BCUT2D eigenvalue weighted by Crippen LogP contribution is 2.22. The zero-order chi connectivity index (χ0) is 16.1. The minimum atomic E-state index is 0.0572. The standard InChI is InChI=1S/C19H22N2O2/c1-2-23-18-11-7-6-10-17(18)19(22)21-14-12-20(13-15-21)16-8-4-3-5-9-16/h3-11H,2,12-15H2,1H3. The molecule has 120 valence electrons. The number of hydrogen-bond donors (Lipinski definition) is 0. The monoisotopic (exact) mass is 310 g/mol. The number of ether oxygens (including phenoxy) is 1. The summed E-state index contributed by atoms with van der Waals surface area (Å²) in [7, 11) is 0. The molecule has 0 unspecified atom stereocenters. The molecule has 2 aromatic carbocycles. The van der Waals surface area contributed by atoms with Crippen LogP contribution < -0.4 is 9.64 Å². The van der Waals surface area contributed by atoms with Crippen LogP contribution in [0.15, 0.2) is 54.6 Å². The van der Waals surface area contributed by atoms with E-state index < -0.39 is 0 Å². The number of carbonyl (C=O) groups excluding carboxylic acids is 1. The minimum absolute atomic E-state index is 0.0572. The average Bonchev–Trinajstić information content (AvgIpc) is 2.63. The van der Waals surface area contributed by atoms with Crippen LogP contribution in [0.1, 0.15) is 17.3 Å². The SMILES string of the molecule is CCOc1ccccc1C(=O)N1CCN(c2ccccc2)CC1. The first-order valence-corrected chi connectivity index (χ1v) is 8.10. The van der Waals surface area contributed by atoms with Gasteiger partial charge in [-0.1, -0.05) is 30.3 Å². The number of para-hydroxylation sites is 2. The van der Waals surface area contributed by atoms with Crippen LogP contribution in [0.3, 0.4) is 0 Å². The Balaban J connectivity index is 1.67. The maximum absolute atomic E-state index is 12.8. The number of nitrogens with zero attached hydrogens (tertiary/aromatic N) is 2. The number of anilines is 1. The van der Waals surface area contributed by atoms with Gasteiger partial charge in [-0.2, -0.15) is 0 Å². The Labute approximate surface area is 137 Å². The second kappa shape index (κ2) is 7.18. The lowest BCUT2D eigenvalue weighted by atomic mass is 10.1. The van der Waals surface area contributed by atoms with Gasteiger partial charge in [0.25, 0.3) is 5.91 Å². The van der Waals surface area contributed by atoms with Crippen LogP contribution in [0.2, 0.25) is 0 Å². The van der Waals surface area contributed by atoms with Crippen LogP contribution in [0.4, 0.5) is 5.69 Å². The second-order valence-electron chi connectivity index (χ2n) is 5.54. The first-order chi connectivity index (χ1) is 11.3. The Morgan fingerprint density at radius 2 is 1.61 bits per heavy atom. The zero-order valence-electron chi connectivity index (χ0n) is 13.4. The number of rotatable bonds is 4. The summed E-state index contributed by atoms with van der Waals surface area (Å²) in [5, 5.41) is 0. The summed E-state index contributed by atoms with van der Waals surface area (Å²) in [6.45, 7) is 5.66. The van der Waals surface area contributed by atoms with E-state index in [0.717, 1.165) is 26.2 Å². The largest absolute Gasteiger partial charge is 0.493 e. The van der Waals surface area contributed by atoms with Gasteiger partial charge in [-0.25, -0.2) is 0 Å². The number of benzene rings is 2. The first kappa shape index (κ1) is 15.4. The van der Waals surface area contributed by atoms with Crippen molar-refractivity contribution in [3.05, 3.63) is 60.2 Å². The highest BCUT2D eigenvalue weighted by molar-refractivity contribution is 5.97. The number of piperazine rings is 1. The maximum atomic E-state index is 12.8. The first-order valence-electron chi connectivity index (χ1n) is 8.10. The van der Waals surface area contributed by atoms with Gasteiger partial charge in [0.2, 0.25) is 0 Å². The molecule has 0 N–H and O–H groups in total. The van der Waals surface area contributed by atoms with Gasteiger partial charge in [0.1, 0.15) is 5.75 Å². The Bertz CT molecular complexity index is 649. The molecule has 4 nitrogen and oxygen atoms in total. The molecule has 1 aliphatic heterocycles. The minimum Gasteiger partial charge on any atom is -0.493 e. The van der Waals surface area contributed by atoms with Crippen LogP contribution in [-0.2, 0) is 0 Å². The Morgan fingerprint density at radius 3 is 2.30 bits per heavy atom. The fourth-order valence-corrected chi connectivity index (χ4v) is 2.90. The van der Waals surface area contributed by atoms with Crippen LogP contribution in [0.25, 0.3) is 0 Å². The lowest BCUT2D eigenvalue weighted by Gasteiger charge is -2.36. The zero-order valence-corrected chi connectivity index (χ0v) is 13.4. The van der Waals surface area contributed by atoms with E-state index in [1.165, 1.54) is 5.69 Å². The van der Waals surface area contributed by atoms with E-state index in [1.54, 1.807) is 0 Å². The highest BCUT2D eigenvalue weighted by Gasteiger charge is 2.24. The summed E-state index contributed by atoms with van der Waals surface area (Å²) in [6, 6.07) is 17.8. The van der Waals surface area contributed by atoms with Gasteiger partial charge in [-0.15, -0.1) is 0 Å². The van der Waals surface area contributed by atoms with E-state index in [1.807, 2.05) is 54.3 Å². The summed E-state index contributed by atoms with van der Waals surface area (Å²) in [5.41, 5.74) is 1.87. The van der Waals surface area contributed by atoms with E-state index >= 15 is 0 Å². The van der Waals surface area contributed by atoms with Crippen molar-refractivity contribution in [3.8, 4) is 5.75 Å². The molecule has 4 heteroatoms. The third-order valence-corrected chi connectivity index (χ3v) is 4.11. The van der Waals surface area contributed by atoms with E-state index in [-0.39, 0.29) is 5.91 Å². The van der Waals surface area contributed by atoms with Crippen molar-refractivity contribution in [1.29, 1.82) is 0 Å². The van der Waals surface area contributed by atoms with Crippen molar-refractivity contribution in [3.63, 3.8) is 0 Å². The van der Waals surface area contributed by atoms with Gasteiger partial charge in [-0.3, -0.25) is 4.79 Å². The second-order valence-corrected chi connectivity index (χ2v) is 5.54. The Hall–Kier alpha value is -2.49. The van der Waals surface area contributed by atoms with Crippen LogP contribution >= 0.6 is 0 Å². The van der Waals surface area contributed by atoms with E-state index in [2.05, 4.69) is 17.0 Å². The topological polar surface area (TPSA) is 32.8 Å². The van der Waals surface area contributed by atoms with Gasteiger partial charge in [0.15, 0.2) is 0 Å². The highest BCUT2D eigenvalue weighted by atomic mass is 16.5. The van der Waals surface area contributed by atoms with Crippen LogP contribution in [0.5, 0.6) is 5.75 Å². The molecule has 0 atom stereocenters. The van der Waals surface area contributed by atoms with Gasteiger partial charge in [-0.05, 0) is 31.2 Å².